The summed E-state index contributed by atoms with van der Waals surface area (Å²) in [5.74, 6) is 1.83. The second-order valence-electron chi connectivity index (χ2n) is 4.55. The van der Waals surface area contributed by atoms with Crippen molar-refractivity contribution in [1.29, 1.82) is 0 Å². The van der Waals surface area contributed by atoms with Crippen molar-refractivity contribution in [3.05, 3.63) is 47.5 Å². The standard InChI is InChI=1S/C14H20N4/c1-3-9-18-11(2)16-17-14(18)13(15)10-12-7-5-4-6-8-12/h4-8,13H,3,9-10,15H2,1-2H3. The average molecular weight is 244 g/mol. The minimum atomic E-state index is -0.0971. The lowest BCUT2D eigenvalue weighted by atomic mass is 10.1. The number of nitrogens with zero attached hydrogens (tertiary/aromatic N) is 3. The average Bonchev–Trinajstić information content (AvgIpc) is 2.73. The molecular formula is C14H20N4. The molecule has 2 aromatic rings. The van der Waals surface area contributed by atoms with Gasteiger partial charge in [0.25, 0.3) is 0 Å². The number of aromatic nitrogens is 3. The van der Waals surface area contributed by atoms with E-state index in [2.05, 4.69) is 33.8 Å². The molecule has 0 radical (unpaired) electrons. The molecule has 0 aliphatic carbocycles. The molecule has 0 amide bonds. The SMILES string of the molecule is CCCn1c(C)nnc1C(N)Cc1ccccc1. The molecule has 1 aromatic carbocycles. The van der Waals surface area contributed by atoms with Gasteiger partial charge in [-0.05, 0) is 25.3 Å². The third kappa shape index (κ3) is 2.76. The maximum atomic E-state index is 6.25. The maximum Gasteiger partial charge on any atom is 0.150 e. The van der Waals surface area contributed by atoms with Crippen molar-refractivity contribution in [3.8, 4) is 0 Å². The molecule has 0 aliphatic heterocycles. The van der Waals surface area contributed by atoms with Gasteiger partial charge >= 0.3 is 0 Å². The Hall–Kier alpha value is -1.68. The molecule has 0 aliphatic rings. The van der Waals surface area contributed by atoms with Crippen molar-refractivity contribution in [2.75, 3.05) is 0 Å². The van der Waals surface area contributed by atoms with Crippen molar-refractivity contribution in [1.82, 2.24) is 14.8 Å². The van der Waals surface area contributed by atoms with Crippen LogP contribution >= 0.6 is 0 Å². The summed E-state index contributed by atoms with van der Waals surface area (Å²) in [6.07, 6.45) is 1.85. The molecule has 0 saturated heterocycles. The third-order valence-corrected chi connectivity index (χ3v) is 3.04. The van der Waals surface area contributed by atoms with Crippen LogP contribution in [-0.2, 0) is 13.0 Å². The predicted molar refractivity (Wildman–Crippen MR) is 72.1 cm³/mol. The first-order valence-electron chi connectivity index (χ1n) is 6.41. The summed E-state index contributed by atoms with van der Waals surface area (Å²) >= 11 is 0. The molecule has 4 heteroatoms. The van der Waals surface area contributed by atoms with E-state index >= 15 is 0 Å². The lowest BCUT2D eigenvalue weighted by molar-refractivity contribution is 0.566. The number of hydrogen-bond acceptors (Lipinski definition) is 3. The summed E-state index contributed by atoms with van der Waals surface area (Å²) in [5.41, 5.74) is 7.48. The molecule has 0 spiro atoms. The van der Waals surface area contributed by atoms with Gasteiger partial charge in [-0.2, -0.15) is 0 Å². The number of aryl methyl sites for hydroxylation is 1. The Kier molecular flexibility index (Phi) is 4.10. The smallest absolute Gasteiger partial charge is 0.150 e. The summed E-state index contributed by atoms with van der Waals surface area (Å²) in [6, 6.07) is 10.2. The first kappa shape index (κ1) is 12.8. The van der Waals surface area contributed by atoms with Crippen LogP contribution in [0, 0.1) is 6.92 Å². The molecule has 1 atom stereocenters. The Balaban J connectivity index is 2.16. The van der Waals surface area contributed by atoms with Gasteiger partial charge in [-0.3, -0.25) is 0 Å². The van der Waals surface area contributed by atoms with E-state index in [9.17, 15) is 0 Å². The maximum absolute atomic E-state index is 6.25. The van der Waals surface area contributed by atoms with Gasteiger partial charge in [0.15, 0.2) is 0 Å². The van der Waals surface area contributed by atoms with Crippen LogP contribution in [0.15, 0.2) is 30.3 Å². The first-order chi connectivity index (χ1) is 8.72. The quantitative estimate of drug-likeness (QED) is 0.877. The van der Waals surface area contributed by atoms with Crippen molar-refractivity contribution < 1.29 is 0 Å². The molecule has 2 N–H and O–H groups in total. The Bertz CT molecular complexity index is 490. The lowest BCUT2D eigenvalue weighted by Crippen LogP contribution is -2.19. The van der Waals surface area contributed by atoms with Gasteiger partial charge in [0.2, 0.25) is 0 Å². The van der Waals surface area contributed by atoms with Crippen molar-refractivity contribution in [2.24, 2.45) is 5.73 Å². The molecule has 18 heavy (non-hydrogen) atoms. The van der Waals surface area contributed by atoms with Gasteiger partial charge in [0, 0.05) is 6.54 Å². The number of benzene rings is 1. The third-order valence-electron chi connectivity index (χ3n) is 3.04. The van der Waals surface area contributed by atoms with E-state index in [4.69, 9.17) is 5.73 Å². The van der Waals surface area contributed by atoms with Crippen LogP contribution in [0.3, 0.4) is 0 Å². The van der Waals surface area contributed by atoms with E-state index in [-0.39, 0.29) is 6.04 Å². The zero-order chi connectivity index (χ0) is 13.0. The van der Waals surface area contributed by atoms with Gasteiger partial charge in [-0.1, -0.05) is 37.3 Å². The van der Waals surface area contributed by atoms with E-state index in [1.54, 1.807) is 0 Å². The highest BCUT2D eigenvalue weighted by molar-refractivity contribution is 5.17. The van der Waals surface area contributed by atoms with E-state index in [0.29, 0.717) is 0 Å². The minimum absolute atomic E-state index is 0.0971. The molecule has 2 rings (SSSR count). The highest BCUT2D eigenvalue weighted by atomic mass is 15.3. The van der Waals surface area contributed by atoms with E-state index in [1.165, 1.54) is 5.56 Å². The highest BCUT2D eigenvalue weighted by Crippen LogP contribution is 2.15. The van der Waals surface area contributed by atoms with Crippen LogP contribution < -0.4 is 5.73 Å². The number of nitrogens with two attached hydrogens (primary N) is 1. The molecule has 0 fully saturated rings. The van der Waals surface area contributed by atoms with Crippen LogP contribution in [0.4, 0.5) is 0 Å². The molecule has 4 nitrogen and oxygen atoms in total. The summed E-state index contributed by atoms with van der Waals surface area (Å²) in [5, 5.41) is 8.35. The zero-order valence-corrected chi connectivity index (χ0v) is 11.0. The second-order valence-corrected chi connectivity index (χ2v) is 4.55. The van der Waals surface area contributed by atoms with Crippen molar-refractivity contribution in [3.63, 3.8) is 0 Å². The minimum Gasteiger partial charge on any atom is -0.321 e. The molecule has 1 aromatic heterocycles. The van der Waals surface area contributed by atoms with Gasteiger partial charge < -0.3 is 10.3 Å². The van der Waals surface area contributed by atoms with E-state index < -0.39 is 0 Å². The Labute approximate surface area is 108 Å². The van der Waals surface area contributed by atoms with Gasteiger partial charge in [0.1, 0.15) is 11.6 Å². The molecule has 0 bridgehead atoms. The monoisotopic (exact) mass is 244 g/mol. The zero-order valence-electron chi connectivity index (χ0n) is 11.0. The summed E-state index contributed by atoms with van der Waals surface area (Å²) in [6.45, 7) is 5.05. The Morgan fingerprint density at radius 2 is 1.94 bits per heavy atom. The molecule has 0 saturated carbocycles. The first-order valence-corrected chi connectivity index (χ1v) is 6.41. The fourth-order valence-corrected chi connectivity index (χ4v) is 2.13. The van der Waals surface area contributed by atoms with Gasteiger partial charge in [-0.15, -0.1) is 10.2 Å². The topological polar surface area (TPSA) is 56.7 Å². The van der Waals surface area contributed by atoms with E-state index in [1.807, 2.05) is 25.1 Å². The number of rotatable bonds is 5. The van der Waals surface area contributed by atoms with Crippen LogP contribution in [-0.4, -0.2) is 14.8 Å². The summed E-state index contributed by atoms with van der Waals surface area (Å²) in [7, 11) is 0. The van der Waals surface area contributed by atoms with Crippen molar-refractivity contribution >= 4 is 0 Å². The summed E-state index contributed by atoms with van der Waals surface area (Å²) < 4.78 is 2.12. The Morgan fingerprint density at radius 1 is 1.22 bits per heavy atom. The predicted octanol–water partition coefficient (Wildman–Crippen LogP) is 2.24. The molecule has 1 unspecified atom stereocenters. The molecular weight excluding hydrogens is 224 g/mol. The lowest BCUT2D eigenvalue weighted by Gasteiger charge is -2.13. The van der Waals surface area contributed by atoms with Gasteiger partial charge in [0.05, 0.1) is 6.04 Å². The fraction of sp³-hybridized carbons (Fsp3) is 0.429. The largest absolute Gasteiger partial charge is 0.321 e. The fourth-order valence-electron chi connectivity index (χ4n) is 2.13. The molecule has 1 heterocycles. The highest BCUT2D eigenvalue weighted by Gasteiger charge is 2.16. The molecule has 96 valence electrons. The van der Waals surface area contributed by atoms with Crippen LogP contribution in [0.25, 0.3) is 0 Å². The van der Waals surface area contributed by atoms with Crippen molar-refractivity contribution in [2.45, 2.75) is 39.3 Å². The normalized spacial score (nSPS) is 12.6. The number of hydrogen-bond donors (Lipinski definition) is 1. The summed E-state index contributed by atoms with van der Waals surface area (Å²) in [4.78, 5) is 0. The van der Waals surface area contributed by atoms with Crippen LogP contribution in [0.5, 0.6) is 0 Å². The second kappa shape index (κ2) is 5.78. The van der Waals surface area contributed by atoms with Gasteiger partial charge in [-0.25, -0.2) is 0 Å². The Morgan fingerprint density at radius 3 is 2.61 bits per heavy atom. The van der Waals surface area contributed by atoms with E-state index in [0.717, 1.165) is 31.0 Å². The van der Waals surface area contributed by atoms with Crippen LogP contribution in [0.1, 0.15) is 36.6 Å². The van der Waals surface area contributed by atoms with Crippen LogP contribution in [0.2, 0.25) is 0 Å².